The number of carbonyl (C=O) groups excluding carboxylic acids is 2. The zero-order chi connectivity index (χ0) is 20.9. The van der Waals surface area contributed by atoms with Crippen LogP contribution in [0.1, 0.15) is 21.5 Å². The summed E-state index contributed by atoms with van der Waals surface area (Å²) in [5, 5.41) is 3.45. The van der Waals surface area contributed by atoms with Gasteiger partial charge in [0.2, 0.25) is 5.66 Å². The lowest BCUT2D eigenvalue weighted by molar-refractivity contribution is -0.122. The first-order chi connectivity index (χ1) is 14.6. The van der Waals surface area contributed by atoms with Crippen LogP contribution in [0.4, 0.5) is 17.1 Å². The zero-order valence-electron chi connectivity index (χ0n) is 16.6. The fraction of sp³-hybridized carbons (Fsp3) is 0.120. The van der Waals surface area contributed by atoms with E-state index < -0.39 is 5.66 Å². The molecule has 2 aliphatic rings. The number of amides is 2. The van der Waals surface area contributed by atoms with Crippen molar-refractivity contribution in [1.82, 2.24) is 0 Å². The van der Waals surface area contributed by atoms with Gasteiger partial charge in [0.05, 0.1) is 16.9 Å². The molecule has 3 aromatic carbocycles. The van der Waals surface area contributed by atoms with Crippen LogP contribution < -0.4 is 15.1 Å². The summed E-state index contributed by atoms with van der Waals surface area (Å²) in [7, 11) is 0. The zero-order valence-corrected chi connectivity index (χ0v) is 16.6. The number of fused-ring (bicyclic) bond motifs is 3. The topological polar surface area (TPSA) is 52.7 Å². The quantitative estimate of drug-likeness (QED) is 0.667. The molecule has 148 valence electrons. The smallest absolute Gasteiger partial charge is 0.279 e. The summed E-state index contributed by atoms with van der Waals surface area (Å²) < 4.78 is 0. The fourth-order valence-corrected chi connectivity index (χ4v) is 4.49. The molecule has 1 atom stereocenters. The normalized spacial score (nSPS) is 19.5. The highest BCUT2D eigenvalue weighted by Crippen LogP contribution is 2.49. The van der Waals surface area contributed by atoms with Crippen LogP contribution in [0, 0.1) is 6.92 Å². The lowest BCUT2D eigenvalue weighted by Crippen LogP contribution is -2.63. The van der Waals surface area contributed by atoms with Gasteiger partial charge < -0.3 is 10.2 Å². The first kappa shape index (κ1) is 18.2. The van der Waals surface area contributed by atoms with E-state index in [-0.39, 0.29) is 11.8 Å². The molecular formula is C25H21N3O2. The van der Waals surface area contributed by atoms with Gasteiger partial charge in [-0.2, -0.15) is 0 Å². The number of nitrogens with zero attached hydrogens (tertiary/aromatic N) is 2. The number of anilines is 3. The Balaban J connectivity index is 1.85. The van der Waals surface area contributed by atoms with Crippen molar-refractivity contribution >= 4 is 28.9 Å². The van der Waals surface area contributed by atoms with E-state index in [1.807, 2.05) is 73.7 Å². The number of benzene rings is 3. The number of rotatable bonds is 3. The predicted molar refractivity (Wildman–Crippen MR) is 119 cm³/mol. The molecule has 30 heavy (non-hydrogen) atoms. The van der Waals surface area contributed by atoms with E-state index in [1.54, 1.807) is 21.9 Å². The summed E-state index contributed by atoms with van der Waals surface area (Å²) in [4.78, 5) is 31.1. The molecule has 5 nitrogen and oxygen atoms in total. The van der Waals surface area contributed by atoms with Crippen molar-refractivity contribution in [3.05, 3.63) is 102 Å². The maximum Gasteiger partial charge on any atom is 0.279 e. The van der Waals surface area contributed by atoms with E-state index in [1.165, 1.54) is 0 Å². The lowest BCUT2D eigenvalue weighted by atomic mass is 9.91. The van der Waals surface area contributed by atoms with Gasteiger partial charge in [-0.3, -0.25) is 14.5 Å². The molecular weight excluding hydrogens is 374 g/mol. The summed E-state index contributed by atoms with van der Waals surface area (Å²) in [6.45, 7) is 6.12. The van der Waals surface area contributed by atoms with Gasteiger partial charge in [0.1, 0.15) is 0 Å². The number of hydrogen-bond acceptors (Lipinski definition) is 3. The van der Waals surface area contributed by atoms with Crippen molar-refractivity contribution in [1.29, 1.82) is 0 Å². The third kappa shape index (κ3) is 2.29. The molecule has 1 unspecified atom stereocenters. The van der Waals surface area contributed by atoms with Gasteiger partial charge in [-0.25, -0.2) is 0 Å². The highest BCUT2D eigenvalue weighted by molar-refractivity contribution is 6.22. The Morgan fingerprint density at radius 2 is 1.60 bits per heavy atom. The van der Waals surface area contributed by atoms with Gasteiger partial charge in [0.15, 0.2) is 0 Å². The van der Waals surface area contributed by atoms with Gasteiger partial charge >= 0.3 is 0 Å². The predicted octanol–water partition coefficient (Wildman–Crippen LogP) is 4.45. The van der Waals surface area contributed by atoms with Crippen molar-refractivity contribution in [3.8, 4) is 0 Å². The van der Waals surface area contributed by atoms with Gasteiger partial charge in [-0.1, -0.05) is 54.6 Å². The van der Waals surface area contributed by atoms with Gasteiger partial charge in [0.25, 0.3) is 11.8 Å². The molecule has 0 aliphatic carbocycles. The Labute approximate surface area is 175 Å². The maximum atomic E-state index is 14.0. The second-order valence-corrected chi connectivity index (χ2v) is 7.53. The summed E-state index contributed by atoms with van der Waals surface area (Å²) in [5.74, 6) is -0.406. The molecule has 0 bridgehead atoms. The van der Waals surface area contributed by atoms with Crippen molar-refractivity contribution in [2.45, 2.75) is 12.6 Å². The number of nitrogens with one attached hydrogen (secondary N) is 1. The minimum atomic E-state index is -1.36. The van der Waals surface area contributed by atoms with Crippen LogP contribution in [0.25, 0.3) is 0 Å². The van der Waals surface area contributed by atoms with Gasteiger partial charge in [-0.15, -0.1) is 6.58 Å². The third-order valence-electron chi connectivity index (χ3n) is 5.82. The summed E-state index contributed by atoms with van der Waals surface area (Å²) in [5.41, 5.74) is 2.97. The van der Waals surface area contributed by atoms with E-state index in [4.69, 9.17) is 0 Å². The molecule has 0 radical (unpaired) electrons. The summed E-state index contributed by atoms with van der Waals surface area (Å²) in [6, 6.07) is 22.6. The van der Waals surface area contributed by atoms with Crippen molar-refractivity contribution < 1.29 is 9.59 Å². The molecule has 2 aliphatic heterocycles. The molecule has 1 N–H and O–H groups in total. The Kier molecular flexibility index (Phi) is 4.00. The molecule has 3 aromatic rings. The first-order valence-corrected chi connectivity index (χ1v) is 9.89. The SMILES string of the molecule is C=CCN1C(=O)C2(Nc3ccccc3C(=O)N2c2ccccc2C)c2ccccc21. The fourth-order valence-electron chi connectivity index (χ4n) is 4.49. The standard InChI is InChI=1S/C25H21N3O2/c1-3-16-27-22-15-9-6-12-19(22)25(24(27)30)26-20-13-7-5-11-18(20)23(29)28(25)21-14-8-4-10-17(21)2/h3-15,26H,1,16H2,2H3. The molecule has 0 aromatic heterocycles. The third-order valence-corrected chi connectivity index (χ3v) is 5.82. The van der Waals surface area contributed by atoms with Crippen LogP contribution in [-0.2, 0) is 10.5 Å². The van der Waals surface area contributed by atoms with Crippen LogP contribution in [0.3, 0.4) is 0 Å². The maximum absolute atomic E-state index is 14.0. The molecule has 1 spiro atoms. The highest BCUT2D eigenvalue weighted by atomic mass is 16.2. The van der Waals surface area contributed by atoms with Crippen LogP contribution in [-0.4, -0.2) is 18.4 Å². The van der Waals surface area contributed by atoms with Crippen LogP contribution in [0.15, 0.2) is 85.5 Å². The number of carbonyl (C=O) groups is 2. The second kappa shape index (κ2) is 6.59. The Morgan fingerprint density at radius 1 is 0.933 bits per heavy atom. The molecule has 2 heterocycles. The highest BCUT2D eigenvalue weighted by Gasteiger charge is 2.59. The minimum absolute atomic E-state index is 0.199. The molecule has 0 fully saturated rings. The molecule has 0 saturated carbocycles. The van der Waals surface area contributed by atoms with Crippen molar-refractivity contribution in [3.63, 3.8) is 0 Å². The summed E-state index contributed by atoms with van der Waals surface area (Å²) >= 11 is 0. The van der Waals surface area contributed by atoms with E-state index in [2.05, 4.69) is 11.9 Å². The van der Waals surface area contributed by atoms with Crippen molar-refractivity contribution in [2.24, 2.45) is 0 Å². The average molecular weight is 395 g/mol. The van der Waals surface area contributed by atoms with Crippen LogP contribution >= 0.6 is 0 Å². The van der Waals surface area contributed by atoms with Gasteiger partial charge in [0, 0.05) is 17.8 Å². The largest absolute Gasteiger partial charge is 0.350 e. The molecule has 5 rings (SSSR count). The van der Waals surface area contributed by atoms with E-state index >= 15 is 0 Å². The minimum Gasteiger partial charge on any atom is -0.350 e. The van der Waals surface area contributed by atoms with E-state index in [0.717, 1.165) is 16.8 Å². The average Bonchev–Trinajstić information content (AvgIpc) is 2.99. The lowest BCUT2D eigenvalue weighted by Gasteiger charge is -2.45. The number of hydrogen-bond donors (Lipinski definition) is 1. The second-order valence-electron chi connectivity index (χ2n) is 7.53. The molecule has 5 heteroatoms. The Bertz CT molecular complexity index is 1200. The Morgan fingerprint density at radius 3 is 2.37 bits per heavy atom. The number of para-hydroxylation sites is 3. The van der Waals surface area contributed by atoms with Crippen LogP contribution in [0.2, 0.25) is 0 Å². The monoisotopic (exact) mass is 395 g/mol. The van der Waals surface area contributed by atoms with E-state index in [9.17, 15) is 9.59 Å². The first-order valence-electron chi connectivity index (χ1n) is 9.89. The van der Waals surface area contributed by atoms with Crippen LogP contribution in [0.5, 0.6) is 0 Å². The van der Waals surface area contributed by atoms with E-state index in [0.29, 0.717) is 23.5 Å². The molecule has 2 amide bonds. The summed E-state index contributed by atoms with van der Waals surface area (Å²) in [6.07, 6.45) is 1.70. The van der Waals surface area contributed by atoms with Crippen molar-refractivity contribution in [2.75, 3.05) is 21.7 Å². The van der Waals surface area contributed by atoms with Gasteiger partial charge in [-0.05, 0) is 36.8 Å². The Hall–Kier alpha value is -3.86. The molecule has 0 saturated heterocycles. The number of aryl methyl sites for hydroxylation is 1.